The summed E-state index contributed by atoms with van der Waals surface area (Å²) < 4.78 is 11.2. The van der Waals surface area contributed by atoms with E-state index in [9.17, 15) is 4.79 Å². The molecular formula is C19H17N3O3. The molecule has 1 aromatic carbocycles. The predicted octanol–water partition coefficient (Wildman–Crippen LogP) is 3.13. The predicted molar refractivity (Wildman–Crippen MR) is 90.4 cm³/mol. The number of nitrogens with zero attached hydrogens (tertiary/aromatic N) is 3. The number of amides is 1. The number of rotatable bonds is 2. The van der Waals surface area contributed by atoms with E-state index in [1.165, 1.54) is 0 Å². The van der Waals surface area contributed by atoms with Crippen LogP contribution in [0.25, 0.3) is 11.0 Å². The Bertz CT molecular complexity index is 981. The van der Waals surface area contributed by atoms with Gasteiger partial charge in [0, 0.05) is 29.6 Å². The fourth-order valence-corrected chi connectivity index (χ4v) is 4.16. The zero-order valence-electron chi connectivity index (χ0n) is 13.8. The molecule has 1 amide bonds. The average molecular weight is 335 g/mol. The number of furan rings is 1. The van der Waals surface area contributed by atoms with E-state index >= 15 is 0 Å². The highest BCUT2D eigenvalue weighted by atomic mass is 16.5. The Balaban J connectivity index is 1.55. The first-order valence-electron chi connectivity index (χ1n) is 8.44. The van der Waals surface area contributed by atoms with Crippen LogP contribution in [0.1, 0.15) is 40.7 Å². The van der Waals surface area contributed by atoms with Gasteiger partial charge in [-0.15, -0.1) is 0 Å². The van der Waals surface area contributed by atoms with Gasteiger partial charge in [0.2, 0.25) is 0 Å². The van der Waals surface area contributed by atoms with Crippen molar-refractivity contribution in [1.29, 1.82) is 0 Å². The first kappa shape index (κ1) is 14.5. The van der Waals surface area contributed by atoms with Gasteiger partial charge in [-0.25, -0.2) is 9.97 Å². The normalized spacial score (nSPS) is 21.4. The number of hydrogen-bond donors (Lipinski definition) is 0. The second kappa shape index (κ2) is 5.31. The number of fused-ring (bicyclic) bond motifs is 5. The van der Waals surface area contributed by atoms with E-state index in [0.717, 1.165) is 35.9 Å². The van der Waals surface area contributed by atoms with Crippen LogP contribution < -0.4 is 4.74 Å². The number of methoxy groups -OCH3 is 1. The lowest BCUT2D eigenvalue weighted by atomic mass is 9.99. The zero-order valence-corrected chi connectivity index (χ0v) is 13.8. The van der Waals surface area contributed by atoms with Gasteiger partial charge in [0.05, 0.1) is 18.8 Å². The van der Waals surface area contributed by atoms with Crippen molar-refractivity contribution >= 4 is 16.9 Å². The second-order valence-corrected chi connectivity index (χ2v) is 6.58. The third kappa shape index (κ3) is 2.06. The minimum Gasteiger partial charge on any atom is -0.493 e. The number of benzene rings is 1. The molecule has 6 nitrogen and oxygen atoms in total. The number of aromatic nitrogens is 2. The minimum atomic E-state index is -0.0692. The van der Waals surface area contributed by atoms with E-state index in [1.807, 2.05) is 29.3 Å². The Morgan fingerprint density at radius 3 is 3.16 bits per heavy atom. The molecule has 0 spiro atoms. The molecule has 3 aromatic rings. The molecule has 0 radical (unpaired) electrons. The second-order valence-electron chi connectivity index (χ2n) is 6.58. The van der Waals surface area contributed by atoms with E-state index in [1.54, 1.807) is 19.5 Å². The molecule has 25 heavy (non-hydrogen) atoms. The molecule has 1 saturated heterocycles. The van der Waals surface area contributed by atoms with Crippen LogP contribution in [-0.2, 0) is 6.42 Å². The van der Waals surface area contributed by atoms with Crippen LogP contribution in [0, 0.1) is 0 Å². The Labute approximate surface area is 144 Å². The first-order valence-corrected chi connectivity index (χ1v) is 8.44. The van der Waals surface area contributed by atoms with Crippen molar-refractivity contribution in [2.24, 2.45) is 0 Å². The molecule has 6 heteroatoms. The number of ether oxygens (including phenoxy) is 1. The Morgan fingerprint density at radius 2 is 2.28 bits per heavy atom. The standard InChI is InChI=1S/C19H17N3O3/c1-24-16-4-2-3-11-7-17(25-18(11)16)19(23)22-12-5-6-15(22)13-9-20-10-21-14(13)8-12/h2-4,7,9-10,12,15H,5-6,8H2,1H3. The number of hydrogen-bond acceptors (Lipinski definition) is 5. The Kier molecular flexibility index (Phi) is 3.07. The number of carbonyl (C=O) groups excluding carboxylic acids is 1. The van der Waals surface area contributed by atoms with Gasteiger partial charge in [-0.2, -0.15) is 0 Å². The fourth-order valence-electron chi connectivity index (χ4n) is 4.16. The Hall–Kier alpha value is -2.89. The van der Waals surface area contributed by atoms with Crippen molar-refractivity contribution in [3.05, 3.63) is 53.8 Å². The summed E-state index contributed by atoms with van der Waals surface area (Å²) in [7, 11) is 1.60. The number of carbonyl (C=O) groups is 1. The highest BCUT2D eigenvalue weighted by Gasteiger charge is 2.44. The van der Waals surface area contributed by atoms with Gasteiger partial charge in [-0.05, 0) is 25.0 Å². The van der Waals surface area contributed by atoms with Crippen LogP contribution >= 0.6 is 0 Å². The minimum absolute atomic E-state index is 0.0394. The van der Waals surface area contributed by atoms with Gasteiger partial charge in [0.25, 0.3) is 5.91 Å². The van der Waals surface area contributed by atoms with Gasteiger partial charge >= 0.3 is 0 Å². The van der Waals surface area contributed by atoms with E-state index in [0.29, 0.717) is 17.1 Å². The highest BCUT2D eigenvalue weighted by Crippen LogP contribution is 2.44. The van der Waals surface area contributed by atoms with E-state index in [2.05, 4.69) is 9.97 Å². The lowest BCUT2D eigenvalue weighted by Crippen LogP contribution is -2.42. The molecule has 5 rings (SSSR count). The SMILES string of the molecule is COc1cccc2cc(C(=O)N3C4CCC3c3cncnc3C4)oc12. The molecule has 2 aliphatic rings. The van der Waals surface area contributed by atoms with Crippen molar-refractivity contribution in [1.82, 2.24) is 14.9 Å². The van der Waals surface area contributed by atoms with Crippen LogP contribution in [0.4, 0.5) is 0 Å². The van der Waals surface area contributed by atoms with Gasteiger partial charge in [0.15, 0.2) is 17.1 Å². The van der Waals surface area contributed by atoms with Crippen molar-refractivity contribution in [2.75, 3.05) is 7.11 Å². The molecule has 2 bridgehead atoms. The van der Waals surface area contributed by atoms with E-state index < -0.39 is 0 Å². The molecular weight excluding hydrogens is 318 g/mol. The molecule has 2 atom stereocenters. The van der Waals surface area contributed by atoms with Crippen LogP contribution in [0.5, 0.6) is 5.75 Å². The van der Waals surface area contributed by atoms with Crippen molar-refractivity contribution in [3.63, 3.8) is 0 Å². The molecule has 2 aromatic heterocycles. The maximum absolute atomic E-state index is 13.2. The molecule has 0 saturated carbocycles. The highest BCUT2D eigenvalue weighted by molar-refractivity contribution is 5.98. The zero-order chi connectivity index (χ0) is 17.0. The number of para-hydroxylation sites is 1. The van der Waals surface area contributed by atoms with Gasteiger partial charge in [-0.3, -0.25) is 4.79 Å². The molecule has 2 aliphatic heterocycles. The monoisotopic (exact) mass is 335 g/mol. The Morgan fingerprint density at radius 1 is 1.36 bits per heavy atom. The van der Waals surface area contributed by atoms with E-state index in [-0.39, 0.29) is 18.0 Å². The molecule has 4 heterocycles. The molecule has 126 valence electrons. The van der Waals surface area contributed by atoms with Crippen molar-refractivity contribution in [2.45, 2.75) is 31.3 Å². The molecule has 0 aliphatic carbocycles. The quantitative estimate of drug-likeness (QED) is 0.720. The summed E-state index contributed by atoms with van der Waals surface area (Å²) in [6.45, 7) is 0. The summed E-state index contributed by atoms with van der Waals surface area (Å²) in [5.41, 5.74) is 2.75. The summed E-state index contributed by atoms with van der Waals surface area (Å²) in [5.74, 6) is 0.925. The topological polar surface area (TPSA) is 68.5 Å². The van der Waals surface area contributed by atoms with Crippen LogP contribution in [0.15, 0.2) is 41.2 Å². The van der Waals surface area contributed by atoms with Gasteiger partial charge in [0.1, 0.15) is 6.33 Å². The van der Waals surface area contributed by atoms with Gasteiger partial charge < -0.3 is 14.1 Å². The maximum Gasteiger partial charge on any atom is 0.290 e. The largest absolute Gasteiger partial charge is 0.493 e. The third-order valence-corrected chi connectivity index (χ3v) is 5.29. The first-order chi connectivity index (χ1) is 12.3. The van der Waals surface area contributed by atoms with E-state index in [4.69, 9.17) is 9.15 Å². The van der Waals surface area contributed by atoms with Crippen LogP contribution in [0.2, 0.25) is 0 Å². The summed E-state index contributed by atoms with van der Waals surface area (Å²) in [6, 6.07) is 7.66. The maximum atomic E-state index is 13.2. The molecule has 1 fully saturated rings. The smallest absolute Gasteiger partial charge is 0.290 e. The summed E-state index contributed by atoms with van der Waals surface area (Å²) in [5, 5.41) is 0.871. The van der Waals surface area contributed by atoms with Crippen LogP contribution in [-0.4, -0.2) is 33.9 Å². The summed E-state index contributed by atoms with van der Waals surface area (Å²) in [6.07, 6.45) is 6.14. The summed E-state index contributed by atoms with van der Waals surface area (Å²) >= 11 is 0. The average Bonchev–Trinajstić information content (AvgIpc) is 3.21. The van der Waals surface area contributed by atoms with Gasteiger partial charge in [-0.1, -0.05) is 12.1 Å². The lowest BCUT2D eigenvalue weighted by molar-refractivity contribution is 0.0613. The van der Waals surface area contributed by atoms with Crippen molar-refractivity contribution < 1.29 is 13.9 Å². The molecule has 0 N–H and O–H groups in total. The third-order valence-electron chi connectivity index (χ3n) is 5.29. The summed E-state index contributed by atoms with van der Waals surface area (Å²) in [4.78, 5) is 23.7. The van der Waals surface area contributed by atoms with Crippen LogP contribution in [0.3, 0.4) is 0 Å². The lowest BCUT2D eigenvalue weighted by Gasteiger charge is -2.34. The van der Waals surface area contributed by atoms with Crippen molar-refractivity contribution in [3.8, 4) is 5.75 Å². The molecule has 2 unspecified atom stereocenters. The fraction of sp³-hybridized carbons (Fsp3) is 0.316.